The zero-order valence-electron chi connectivity index (χ0n) is 12.8. The van der Waals surface area contributed by atoms with E-state index in [0.717, 1.165) is 5.56 Å². The second kappa shape index (κ2) is 10.2. The van der Waals surface area contributed by atoms with E-state index >= 15 is 0 Å². The molecule has 0 saturated carbocycles. The van der Waals surface area contributed by atoms with Gasteiger partial charge in [0.1, 0.15) is 0 Å². The van der Waals surface area contributed by atoms with E-state index in [0.29, 0.717) is 12.5 Å². The Bertz CT molecular complexity index is 463. The maximum absolute atomic E-state index is 12.1. The Morgan fingerprint density at radius 3 is 2.32 bits per heavy atom. The van der Waals surface area contributed by atoms with Crippen molar-refractivity contribution >= 4 is 41.7 Å². The second-order valence-electron chi connectivity index (χ2n) is 4.54. The first-order chi connectivity index (χ1) is 9.85. The monoisotopic (exact) mass is 447 g/mol. The average molecular weight is 447 g/mol. The molecule has 1 aromatic rings. The summed E-state index contributed by atoms with van der Waals surface area (Å²) in [5, 5.41) is 2.72. The van der Waals surface area contributed by atoms with Gasteiger partial charge in [-0.2, -0.15) is 13.2 Å². The standard InChI is InChI=1S/C14H20F3N3S.HI/c1-18-13(19-9-8-14(15,16)17)20(2)10-11-4-6-12(21-3)7-5-11;/h4-7H,8-10H2,1-3H3,(H,18,19);1H. The van der Waals surface area contributed by atoms with Crippen LogP contribution in [-0.2, 0) is 6.54 Å². The number of hydrogen-bond acceptors (Lipinski definition) is 2. The first-order valence-corrected chi connectivity index (χ1v) is 7.69. The molecular formula is C14H21F3IN3S. The molecule has 0 heterocycles. The highest BCUT2D eigenvalue weighted by atomic mass is 127. The van der Waals surface area contributed by atoms with Crippen molar-refractivity contribution in [3.8, 4) is 0 Å². The molecule has 3 nitrogen and oxygen atoms in total. The molecule has 0 unspecified atom stereocenters. The summed E-state index contributed by atoms with van der Waals surface area (Å²) < 4.78 is 36.4. The average Bonchev–Trinajstić information content (AvgIpc) is 2.43. The van der Waals surface area contributed by atoms with Gasteiger partial charge in [0.25, 0.3) is 0 Å². The van der Waals surface area contributed by atoms with Gasteiger partial charge in [-0.05, 0) is 24.0 Å². The summed E-state index contributed by atoms with van der Waals surface area (Å²) >= 11 is 1.66. The van der Waals surface area contributed by atoms with E-state index in [2.05, 4.69) is 10.3 Å². The van der Waals surface area contributed by atoms with Gasteiger partial charge in [-0.1, -0.05) is 12.1 Å². The molecule has 0 spiro atoms. The van der Waals surface area contributed by atoms with Crippen molar-refractivity contribution in [3.05, 3.63) is 29.8 Å². The number of hydrogen-bond donors (Lipinski definition) is 1. The Hall–Kier alpha value is -0.640. The zero-order valence-corrected chi connectivity index (χ0v) is 15.9. The van der Waals surface area contributed by atoms with Crippen LogP contribution in [0.4, 0.5) is 13.2 Å². The molecule has 0 aliphatic carbocycles. The van der Waals surface area contributed by atoms with Crippen LogP contribution in [0.25, 0.3) is 0 Å². The third kappa shape index (κ3) is 8.11. The Morgan fingerprint density at radius 2 is 1.86 bits per heavy atom. The van der Waals surface area contributed by atoms with Crippen molar-refractivity contribution in [3.63, 3.8) is 0 Å². The highest BCUT2D eigenvalue weighted by Gasteiger charge is 2.26. The number of halogens is 4. The number of thioether (sulfide) groups is 1. The van der Waals surface area contributed by atoms with Crippen molar-refractivity contribution in [1.29, 1.82) is 0 Å². The molecule has 1 N–H and O–H groups in total. The summed E-state index contributed by atoms with van der Waals surface area (Å²) in [6.07, 6.45) is -3.02. The number of guanidine groups is 1. The highest BCUT2D eigenvalue weighted by Crippen LogP contribution is 2.18. The van der Waals surface area contributed by atoms with Crippen molar-refractivity contribution in [2.24, 2.45) is 4.99 Å². The first kappa shape index (κ1) is 21.4. The SMILES string of the molecule is CN=C(NCCC(F)(F)F)N(C)Cc1ccc(SC)cc1.I. The van der Waals surface area contributed by atoms with Gasteiger partial charge in [-0.3, -0.25) is 4.99 Å². The summed E-state index contributed by atoms with van der Waals surface area (Å²) in [4.78, 5) is 6.97. The van der Waals surface area contributed by atoms with Crippen molar-refractivity contribution < 1.29 is 13.2 Å². The van der Waals surface area contributed by atoms with E-state index in [1.54, 1.807) is 30.8 Å². The minimum absolute atomic E-state index is 0. The van der Waals surface area contributed by atoms with E-state index in [1.807, 2.05) is 30.5 Å². The number of alkyl halides is 3. The number of rotatable bonds is 5. The lowest BCUT2D eigenvalue weighted by Crippen LogP contribution is -2.39. The van der Waals surface area contributed by atoms with E-state index < -0.39 is 12.6 Å². The summed E-state index contributed by atoms with van der Waals surface area (Å²) in [5.41, 5.74) is 1.08. The summed E-state index contributed by atoms with van der Waals surface area (Å²) in [6, 6.07) is 8.05. The highest BCUT2D eigenvalue weighted by molar-refractivity contribution is 14.0. The van der Waals surface area contributed by atoms with Gasteiger partial charge in [-0.15, -0.1) is 35.7 Å². The Morgan fingerprint density at radius 1 is 1.27 bits per heavy atom. The summed E-state index contributed by atoms with van der Waals surface area (Å²) in [5.74, 6) is 0.452. The summed E-state index contributed by atoms with van der Waals surface area (Å²) in [7, 11) is 3.36. The van der Waals surface area contributed by atoms with Crippen molar-refractivity contribution in [1.82, 2.24) is 10.2 Å². The molecule has 0 aliphatic rings. The number of nitrogens with zero attached hydrogens (tertiary/aromatic N) is 2. The smallest absolute Gasteiger partial charge is 0.356 e. The molecule has 0 radical (unpaired) electrons. The van der Waals surface area contributed by atoms with Crippen LogP contribution in [0, 0.1) is 0 Å². The summed E-state index contributed by atoms with van der Waals surface area (Å²) in [6.45, 7) is 0.409. The normalized spacial score (nSPS) is 11.8. The van der Waals surface area contributed by atoms with Crippen LogP contribution < -0.4 is 5.32 Å². The van der Waals surface area contributed by atoms with E-state index in [1.165, 1.54) is 4.90 Å². The predicted molar refractivity (Wildman–Crippen MR) is 97.1 cm³/mol. The molecule has 0 atom stereocenters. The lowest BCUT2D eigenvalue weighted by molar-refractivity contribution is -0.132. The van der Waals surface area contributed by atoms with Crippen molar-refractivity contribution in [2.75, 3.05) is 26.9 Å². The maximum Gasteiger partial charge on any atom is 0.390 e. The van der Waals surface area contributed by atoms with Crippen molar-refractivity contribution in [2.45, 2.75) is 24.0 Å². The third-order valence-electron chi connectivity index (χ3n) is 2.84. The van der Waals surface area contributed by atoms with E-state index in [9.17, 15) is 13.2 Å². The van der Waals surface area contributed by atoms with Gasteiger partial charge in [0.2, 0.25) is 0 Å². The first-order valence-electron chi connectivity index (χ1n) is 6.47. The molecular weight excluding hydrogens is 426 g/mol. The van der Waals surface area contributed by atoms with Gasteiger partial charge in [0.15, 0.2) is 5.96 Å². The number of benzene rings is 1. The van der Waals surface area contributed by atoms with Crippen LogP contribution in [-0.4, -0.2) is 43.9 Å². The Balaban J connectivity index is 0.00000441. The van der Waals surface area contributed by atoms with Crippen LogP contribution in [0.2, 0.25) is 0 Å². The van der Waals surface area contributed by atoms with Gasteiger partial charge < -0.3 is 10.2 Å². The minimum atomic E-state index is -4.15. The van der Waals surface area contributed by atoms with Crippen LogP contribution in [0.1, 0.15) is 12.0 Å². The predicted octanol–water partition coefficient (Wildman–Crippen LogP) is 3.99. The molecule has 126 valence electrons. The third-order valence-corrected chi connectivity index (χ3v) is 3.59. The number of nitrogens with one attached hydrogen (secondary N) is 1. The molecule has 8 heteroatoms. The van der Waals surface area contributed by atoms with E-state index in [4.69, 9.17) is 0 Å². The van der Waals surface area contributed by atoms with Crippen LogP contribution >= 0.6 is 35.7 Å². The fraction of sp³-hybridized carbons (Fsp3) is 0.500. The minimum Gasteiger partial charge on any atom is -0.356 e. The Labute approximate surface area is 150 Å². The molecule has 0 saturated heterocycles. The quantitative estimate of drug-likeness (QED) is 0.320. The lowest BCUT2D eigenvalue weighted by atomic mass is 10.2. The van der Waals surface area contributed by atoms with Gasteiger partial charge in [0.05, 0.1) is 6.42 Å². The fourth-order valence-electron chi connectivity index (χ4n) is 1.78. The fourth-order valence-corrected chi connectivity index (χ4v) is 2.19. The van der Waals surface area contributed by atoms with Gasteiger partial charge in [-0.25, -0.2) is 0 Å². The van der Waals surface area contributed by atoms with Crippen LogP contribution in [0.5, 0.6) is 0 Å². The topological polar surface area (TPSA) is 27.6 Å². The van der Waals surface area contributed by atoms with Gasteiger partial charge in [0, 0.05) is 32.1 Å². The molecule has 0 amide bonds. The number of aliphatic imine (C=N–C) groups is 1. The molecule has 22 heavy (non-hydrogen) atoms. The van der Waals surface area contributed by atoms with Crippen LogP contribution in [0.15, 0.2) is 34.2 Å². The molecule has 1 rings (SSSR count). The Kier molecular flexibility index (Phi) is 9.90. The molecule has 0 fully saturated rings. The van der Waals surface area contributed by atoms with E-state index in [-0.39, 0.29) is 30.5 Å². The molecule has 0 aliphatic heterocycles. The molecule has 1 aromatic carbocycles. The lowest BCUT2D eigenvalue weighted by Gasteiger charge is -2.22. The largest absolute Gasteiger partial charge is 0.390 e. The van der Waals surface area contributed by atoms with Crippen LogP contribution in [0.3, 0.4) is 0 Å². The second-order valence-corrected chi connectivity index (χ2v) is 5.42. The molecule has 0 bridgehead atoms. The zero-order chi connectivity index (χ0) is 15.9. The van der Waals surface area contributed by atoms with Gasteiger partial charge >= 0.3 is 6.18 Å². The molecule has 0 aromatic heterocycles. The maximum atomic E-state index is 12.1.